The predicted octanol–water partition coefficient (Wildman–Crippen LogP) is 3.38. The number of H-pyrrole nitrogens is 1. The number of aromatic amines is 1. The summed E-state index contributed by atoms with van der Waals surface area (Å²) >= 11 is 3.15. The Hall–Kier alpha value is -0.940. The highest BCUT2D eigenvalue weighted by Gasteiger charge is 2.22. The summed E-state index contributed by atoms with van der Waals surface area (Å²) in [6.07, 6.45) is 0.650. The van der Waals surface area contributed by atoms with Gasteiger partial charge in [-0.05, 0) is 27.4 Å². The largest absolute Gasteiger partial charge is 0.342 e. The number of rotatable bonds is 2. The van der Waals surface area contributed by atoms with Crippen LogP contribution in [-0.2, 0) is 6.42 Å². The van der Waals surface area contributed by atoms with Gasteiger partial charge in [0.1, 0.15) is 11.6 Å². The second kappa shape index (κ2) is 4.63. The molecule has 3 nitrogen and oxygen atoms in total. The molecule has 1 atom stereocenters. The lowest BCUT2D eigenvalue weighted by molar-refractivity contribution is 0.315. The number of nitrogens with two attached hydrogens (primary N) is 1. The smallest absolute Gasteiger partial charge is 0.139 e. The topological polar surface area (TPSA) is 54.7 Å². The maximum absolute atomic E-state index is 13.4. The van der Waals surface area contributed by atoms with Crippen molar-refractivity contribution in [3.8, 4) is 0 Å². The summed E-state index contributed by atoms with van der Waals surface area (Å²) in [5, 5.41) is 0. The molecule has 3 N–H and O–H groups in total. The molecule has 0 saturated carbocycles. The Bertz CT molecular complexity index is 532. The Labute approximate surface area is 114 Å². The van der Waals surface area contributed by atoms with E-state index < -0.39 is 0 Å². The minimum Gasteiger partial charge on any atom is -0.342 e. The average molecular weight is 314 g/mol. The highest BCUT2D eigenvalue weighted by Crippen LogP contribution is 2.24. The Morgan fingerprint density at radius 2 is 2.11 bits per heavy atom. The van der Waals surface area contributed by atoms with Crippen molar-refractivity contribution in [1.82, 2.24) is 9.97 Å². The fourth-order valence-corrected chi connectivity index (χ4v) is 2.00. The van der Waals surface area contributed by atoms with Crippen LogP contribution in [0.5, 0.6) is 0 Å². The number of fused-ring (bicyclic) bond motifs is 1. The molecular formula is C13H17BrFN3. The highest BCUT2D eigenvalue weighted by molar-refractivity contribution is 9.10. The van der Waals surface area contributed by atoms with Crippen LogP contribution in [0.4, 0.5) is 4.39 Å². The predicted molar refractivity (Wildman–Crippen MR) is 74.9 cm³/mol. The molecule has 2 rings (SSSR count). The molecule has 2 aromatic rings. The van der Waals surface area contributed by atoms with Crippen molar-refractivity contribution in [1.29, 1.82) is 0 Å². The van der Waals surface area contributed by atoms with Crippen LogP contribution < -0.4 is 5.73 Å². The number of imidazole rings is 1. The zero-order chi connectivity index (χ0) is 13.5. The quantitative estimate of drug-likeness (QED) is 0.893. The first-order valence-corrected chi connectivity index (χ1v) is 6.66. The van der Waals surface area contributed by atoms with Crippen LogP contribution in [0.25, 0.3) is 11.0 Å². The third-order valence-corrected chi connectivity index (χ3v) is 3.71. The lowest BCUT2D eigenvalue weighted by Crippen LogP contribution is -2.37. The highest BCUT2D eigenvalue weighted by atomic mass is 79.9. The molecule has 0 radical (unpaired) electrons. The van der Waals surface area contributed by atoms with E-state index >= 15 is 0 Å². The fraction of sp³-hybridized carbons (Fsp3) is 0.462. The first kappa shape index (κ1) is 13.5. The molecule has 1 unspecified atom stereocenters. The number of aromatic nitrogens is 2. The standard InChI is InChI=1S/C13H17BrFN3/c1-13(2,3)11(16)6-12-17-9-4-7(14)8(15)5-10(9)18-12/h4-5,11H,6,16H2,1-3H3,(H,17,18). The monoisotopic (exact) mass is 313 g/mol. The van der Waals surface area contributed by atoms with Gasteiger partial charge in [0.05, 0.1) is 15.5 Å². The van der Waals surface area contributed by atoms with Gasteiger partial charge in [0.15, 0.2) is 0 Å². The van der Waals surface area contributed by atoms with E-state index in [4.69, 9.17) is 5.73 Å². The lowest BCUT2D eigenvalue weighted by Gasteiger charge is -2.26. The molecule has 0 aliphatic heterocycles. The van der Waals surface area contributed by atoms with E-state index in [1.807, 2.05) is 0 Å². The van der Waals surface area contributed by atoms with Crippen molar-refractivity contribution >= 4 is 27.0 Å². The number of halogens is 2. The van der Waals surface area contributed by atoms with Crippen molar-refractivity contribution in [3.05, 3.63) is 28.2 Å². The van der Waals surface area contributed by atoms with Crippen LogP contribution in [0.15, 0.2) is 16.6 Å². The van der Waals surface area contributed by atoms with E-state index in [1.54, 1.807) is 6.07 Å². The molecule has 1 aromatic carbocycles. The second-order valence-electron chi connectivity index (χ2n) is 5.64. The lowest BCUT2D eigenvalue weighted by atomic mass is 9.85. The van der Waals surface area contributed by atoms with Gasteiger partial charge < -0.3 is 10.7 Å². The molecule has 1 aromatic heterocycles. The Balaban J connectivity index is 2.31. The van der Waals surface area contributed by atoms with Crippen LogP contribution in [0.1, 0.15) is 26.6 Å². The molecule has 0 saturated heterocycles. The van der Waals surface area contributed by atoms with E-state index in [1.165, 1.54) is 6.07 Å². The molecule has 0 bridgehead atoms. The Morgan fingerprint density at radius 3 is 2.72 bits per heavy atom. The molecule has 0 fully saturated rings. The maximum Gasteiger partial charge on any atom is 0.139 e. The van der Waals surface area contributed by atoms with E-state index in [-0.39, 0.29) is 17.3 Å². The van der Waals surface area contributed by atoms with Gasteiger partial charge in [0.2, 0.25) is 0 Å². The third-order valence-electron chi connectivity index (χ3n) is 3.10. The molecule has 18 heavy (non-hydrogen) atoms. The van der Waals surface area contributed by atoms with Crippen molar-refractivity contribution in [2.45, 2.75) is 33.2 Å². The molecule has 1 heterocycles. The molecular weight excluding hydrogens is 297 g/mol. The number of hydrogen-bond acceptors (Lipinski definition) is 2. The van der Waals surface area contributed by atoms with Crippen molar-refractivity contribution in [3.63, 3.8) is 0 Å². The normalized spacial score (nSPS) is 14.1. The minimum absolute atomic E-state index is 0.00588. The van der Waals surface area contributed by atoms with Crippen molar-refractivity contribution in [2.24, 2.45) is 11.1 Å². The Morgan fingerprint density at radius 1 is 1.44 bits per heavy atom. The number of benzene rings is 1. The molecule has 98 valence electrons. The van der Waals surface area contributed by atoms with Gasteiger partial charge in [-0.2, -0.15) is 0 Å². The van der Waals surface area contributed by atoms with E-state index in [9.17, 15) is 4.39 Å². The van der Waals surface area contributed by atoms with Gasteiger partial charge in [-0.1, -0.05) is 20.8 Å². The molecule has 0 aliphatic rings. The van der Waals surface area contributed by atoms with Gasteiger partial charge in [0.25, 0.3) is 0 Å². The summed E-state index contributed by atoms with van der Waals surface area (Å²) in [5.41, 5.74) is 7.59. The summed E-state index contributed by atoms with van der Waals surface area (Å²) in [4.78, 5) is 7.55. The van der Waals surface area contributed by atoms with Gasteiger partial charge in [-0.3, -0.25) is 0 Å². The summed E-state index contributed by atoms with van der Waals surface area (Å²) in [7, 11) is 0. The SMILES string of the molecule is CC(C)(C)C(N)Cc1nc2cc(Br)c(F)cc2[nH]1. The fourth-order valence-electron chi connectivity index (χ4n) is 1.67. The number of nitrogens with one attached hydrogen (secondary N) is 1. The molecule has 5 heteroatoms. The molecule has 0 spiro atoms. The zero-order valence-electron chi connectivity index (χ0n) is 10.7. The van der Waals surface area contributed by atoms with Crippen LogP contribution >= 0.6 is 15.9 Å². The van der Waals surface area contributed by atoms with Crippen LogP contribution in [0.2, 0.25) is 0 Å². The summed E-state index contributed by atoms with van der Waals surface area (Å²) < 4.78 is 13.8. The average Bonchev–Trinajstić information content (AvgIpc) is 2.59. The minimum atomic E-state index is -0.294. The van der Waals surface area contributed by atoms with Gasteiger partial charge in [-0.25, -0.2) is 9.37 Å². The van der Waals surface area contributed by atoms with Gasteiger partial charge >= 0.3 is 0 Å². The van der Waals surface area contributed by atoms with Crippen molar-refractivity contribution < 1.29 is 4.39 Å². The Kier molecular flexibility index (Phi) is 3.47. The first-order valence-electron chi connectivity index (χ1n) is 5.86. The molecule has 0 aliphatic carbocycles. The van der Waals surface area contributed by atoms with E-state index in [2.05, 4.69) is 46.7 Å². The third kappa shape index (κ3) is 2.72. The maximum atomic E-state index is 13.4. The van der Waals surface area contributed by atoms with Gasteiger partial charge in [-0.15, -0.1) is 0 Å². The zero-order valence-corrected chi connectivity index (χ0v) is 12.3. The van der Waals surface area contributed by atoms with E-state index in [0.29, 0.717) is 16.4 Å². The van der Waals surface area contributed by atoms with E-state index in [0.717, 1.165) is 11.3 Å². The summed E-state index contributed by atoms with van der Waals surface area (Å²) in [5.74, 6) is 0.503. The number of hydrogen-bond donors (Lipinski definition) is 2. The van der Waals surface area contributed by atoms with Gasteiger partial charge in [0, 0.05) is 18.5 Å². The second-order valence-corrected chi connectivity index (χ2v) is 6.50. The van der Waals surface area contributed by atoms with Crippen LogP contribution in [-0.4, -0.2) is 16.0 Å². The van der Waals surface area contributed by atoms with Crippen LogP contribution in [0, 0.1) is 11.2 Å². The van der Waals surface area contributed by atoms with Crippen molar-refractivity contribution in [2.75, 3.05) is 0 Å². The summed E-state index contributed by atoms with van der Waals surface area (Å²) in [6, 6.07) is 3.12. The van der Waals surface area contributed by atoms with Crippen LogP contribution in [0.3, 0.4) is 0 Å². The number of nitrogens with zero attached hydrogens (tertiary/aromatic N) is 1. The molecule has 0 amide bonds. The summed E-state index contributed by atoms with van der Waals surface area (Å²) in [6.45, 7) is 6.28. The first-order chi connectivity index (χ1) is 8.27.